The zero-order chi connectivity index (χ0) is 14.5. The van der Waals surface area contributed by atoms with Crippen LogP contribution in [-0.4, -0.2) is 4.98 Å². The Kier molecular flexibility index (Phi) is 6.20. The van der Waals surface area contributed by atoms with Crippen LogP contribution in [0.15, 0.2) is 49.9 Å². The third-order valence-corrected chi connectivity index (χ3v) is 4.73. The highest BCUT2D eigenvalue weighted by molar-refractivity contribution is 9.11. The molecule has 0 bridgehead atoms. The first-order valence-electron chi connectivity index (χ1n) is 6.39. The molecule has 0 saturated carbocycles. The number of hydrogen-bond donors (Lipinski definition) is 1. The van der Waals surface area contributed by atoms with Crippen molar-refractivity contribution in [3.8, 4) is 0 Å². The van der Waals surface area contributed by atoms with Gasteiger partial charge in [-0.1, -0.05) is 35.0 Å². The molecule has 1 atom stereocenters. The van der Waals surface area contributed by atoms with Crippen LogP contribution in [0.2, 0.25) is 0 Å². The minimum absolute atomic E-state index is 0.334. The Bertz CT molecular complexity index is 570. The normalized spacial score (nSPS) is 12.4. The van der Waals surface area contributed by atoms with Crippen molar-refractivity contribution >= 4 is 47.8 Å². The third-order valence-electron chi connectivity index (χ3n) is 3.08. The van der Waals surface area contributed by atoms with Gasteiger partial charge in [-0.25, -0.2) is 0 Å². The smallest absolute Gasteiger partial charge is 0.0684 e. The molecule has 106 valence electrons. The molecule has 0 spiro atoms. The summed E-state index contributed by atoms with van der Waals surface area (Å²) >= 11 is 10.4. The second-order valence-electron chi connectivity index (χ2n) is 4.48. The van der Waals surface area contributed by atoms with Gasteiger partial charge in [0.15, 0.2) is 0 Å². The Morgan fingerprint density at radius 1 is 1.10 bits per heavy atom. The van der Waals surface area contributed by atoms with Crippen molar-refractivity contribution in [3.63, 3.8) is 0 Å². The average Bonchev–Trinajstić information content (AvgIpc) is 2.43. The number of halogens is 3. The minimum Gasteiger partial charge on any atom is -0.304 e. The van der Waals surface area contributed by atoms with Gasteiger partial charge in [-0.3, -0.25) is 4.98 Å². The van der Waals surface area contributed by atoms with E-state index in [9.17, 15) is 0 Å². The van der Waals surface area contributed by atoms with Crippen LogP contribution < -0.4 is 5.32 Å². The largest absolute Gasteiger partial charge is 0.304 e. The number of aromatic nitrogens is 1. The number of pyridine rings is 1. The van der Waals surface area contributed by atoms with Gasteiger partial charge in [-0.15, -0.1) is 0 Å². The Balaban J connectivity index is 2.05. The van der Waals surface area contributed by atoms with Gasteiger partial charge in [0.2, 0.25) is 0 Å². The van der Waals surface area contributed by atoms with Gasteiger partial charge < -0.3 is 5.32 Å². The van der Waals surface area contributed by atoms with Crippen molar-refractivity contribution in [2.24, 2.45) is 0 Å². The Hall–Kier alpha value is -0.230. The van der Waals surface area contributed by atoms with Gasteiger partial charge in [-0.05, 0) is 62.0 Å². The summed E-state index contributed by atoms with van der Waals surface area (Å²) in [6.07, 6.45) is 2.86. The molecule has 1 N–H and O–H groups in total. The molecule has 2 rings (SSSR count). The molecule has 1 heterocycles. The molecular weight excluding hydrogens is 448 g/mol. The van der Waals surface area contributed by atoms with Gasteiger partial charge in [0.05, 0.1) is 5.69 Å². The number of nitrogens with one attached hydrogen (secondary N) is 1. The van der Waals surface area contributed by atoms with Gasteiger partial charge in [0, 0.05) is 32.2 Å². The monoisotopic (exact) mass is 460 g/mol. The van der Waals surface area contributed by atoms with Crippen LogP contribution in [-0.2, 0) is 6.54 Å². The summed E-state index contributed by atoms with van der Waals surface area (Å²) in [5.41, 5.74) is 2.31. The molecule has 5 heteroatoms. The first-order valence-corrected chi connectivity index (χ1v) is 8.76. The molecule has 0 aliphatic heterocycles. The molecule has 0 saturated heterocycles. The van der Waals surface area contributed by atoms with Crippen molar-refractivity contribution in [2.45, 2.75) is 25.9 Å². The first-order chi connectivity index (χ1) is 9.60. The van der Waals surface area contributed by atoms with Crippen LogP contribution in [0.5, 0.6) is 0 Å². The molecule has 20 heavy (non-hydrogen) atoms. The van der Waals surface area contributed by atoms with Crippen LogP contribution in [0.4, 0.5) is 0 Å². The lowest BCUT2D eigenvalue weighted by molar-refractivity contribution is 0.513. The molecule has 0 fully saturated rings. The lowest BCUT2D eigenvalue weighted by Crippen LogP contribution is -2.21. The zero-order valence-corrected chi connectivity index (χ0v) is 15.8. The Morgan fingerprint density at radius 2 is 1.80 bits per heavy atom. The number of nitrogens with zero attached hydrogens (tertiary/aromatic N) is 1. The van der Waals surface area contributed by atoms with E-state index in [1.165, 1.54) is 5.56 Å². The summed E-state index contributed by atoms with van der Waals surface area (Å²) in [6.45, 7) is 2.92. The fourth-order valence-electron chi connectivity index (χ4n) is 1.99. The summed E-state index contributed by atoms with van der Waals surface area (Å²) in [4.78, 5) is 4.43. The molecule has 1 aromatic carbocycles. The third kappa shape index (κ3) is 4.38. The van der Waals surface area contributed by atoms with Crippen LogP contribution in [0.3, 0.4) is 0 Å². The van der Waals surface area contributed by atoms with Gasteiger partial charge in [0.1, 0.15) is 0 Å². The fraction of sp³-hybridized carbons (Fsp3) is 0.267. The van der Waals surface area contributed by atoms with E-state index in [4.69, 9.17) is 0 Å². The van der Waals surface area contributed by atoms with Crippen LogP contribution in [0.1, 0.15) is 30.6 Å². The Labute approximate surface area is 144 Å². The molecule has 0 aliphatic rings. The van der Waals surface area contributed by atoms with E-state index in [1.807, 2.05) is 12.3 Å². The highest BCUT2D eigenvalue weighted by atomic mass is 79.9. The molecule has 0 aliphatic carbocycles. The summed E-state index contributed by atoms with van der Waals surface area (Å²) in [7, 11) is 0. The average molecular weight is 463 g/mol. The summed E-state index contributed by atoms with van der Waals surface area (Å²) in [5, 5.41) is 3.56. The van der Waals surface area contributed by atoms with Crippen LogP contribution in [0, 0.1) is 0 Å². The fourth-order valence-corrected chi connectivity index (χ4v) is 3.38. The zero-order valence-electron chi connectivity index (χ0n) is 11.0. The Morgan fingerprint density at radius 3 is 2.40 bits per heavy atom. The molecule has 0 amide bonds. The molecule has 2 aromatic rings. The van der Waals surface area contributed by atoms with E-state index < -0.39 is 0 Å². The number of rotatable bonds is 5. The minimum atomic E-state index is 0.334. The van der Waals surface area contributed by atoms with Crippen molar-refractivity contribution in [3.05, 3.63) is 61.2 Å². The predicted molar refractivity (Wildman–Crippen MR) is 93.7 cm³/mol. The predicted octanol–water partition coefficient (Wildman–Crippen LogP) is 5.61. The highest BCUT2D eigenvalue weighted by Crippen LogP contribution is 2.22. The quantitative estimate of drug-likeness (QED) is 0.624. The van der Waals surface area contributed by atoms with Crippen LogP contribution in [0.25, 0.3) is 0 Å². The molecule has 2 nitrogen and oxygen atoms in total. The maximum Gasteiger partial charge on any atom is 0.0684 e. The molecule has 1 unspecified atom stereocenters. The SMILES string of the molecule is CCC(NCc1ncc(Br)cc1Br)c1ccc(Br)cc1. The second-order valence-corrected chi connectivity index (χ2v) is 7.16. The van der Waals surface area contributed by atoms with Crippen molar-refractivity contribution in [2.75, 3.05) is 0 Å². The second kappa shape index (κ2) is 7.69. The number of benzene rings is 1. The van der Waals surface area contributed by atoms with Crippen molar-refractivity contribution in [1.82, 2.24) is 10.3 Å². The lowest BCUT2D eigenvalue weighted by atomic mass is 10.0. The molecule has 0 radical (unpaired) electrons. The lowest BCUT2D eigenvalue weighted by Gasteiger charge is -2.18. The van der Waals surface area contributed by atoms with E-state index in [1.54, 1.807) is 0 Å². The standard InChI is InChI=1S/C15H15Br3N2/c1-2-14(10-3-5-11(16)6-4-10)20-9-15-13(18)7-12(17)8-19-15/h3-8,14,20H,2,9H2,1H3. The topological polar surface area (TPSA) is 24.9 Å². The summed E-state index contributed by atoms with van der Waals surface area (Å²) in [5.74, 6) is 0. The highest BCUT2D eigenvalue weighted by Gasteiger charge is 2.10. The van der Waals surface area contributed by atoms with Gasteiger partial charge in [-0.2, -0.15) is 0 Å². The van der Waals surface area contributed by atoms with E-state index in [2.05, 4.69) is 89.3 Å². The summed E-state index contributed by atoms with van der Waals surface area (Å²) in [6, 6.07) is 10.8. The van der Waals surface area contributed by atoms with E-state index in [-0.39, 0.29) is 0 Å². The number of hydrogen-bond acceptors (Lipinski definition) is 2. The molecular formula is C15H15Br3N2. The van der Waals surface area contributed by atoms with Crippen LogP contribution >= 0.6 is 47.8 Å². The van der Waals surface area contributed by atoms with E-state index in [0.29, 0.717) is 6.04 Å². The maximum absolute atomic E-state index is 4.43. The molecule has 1 aromatic heterocycles. The van der Waals surface area contributed by atoms with E-state index >= 15 is 0 Å². The van der Waals surface area contributed by atoms with Gasteiger partial charge in [0.25, 0.3) is 0 Å². The van der Waals surface area contributed by atoms with Gasteiger partial charge >= 0.3 is 0 Å². The first kappa shape index (κ1) is 16.1. The summed E-state index contributed by atoms with van der Waals surface area (Å²) < 4.78 is 3.10. The van der Waals surface area contributed by atoms with Crippen molar-refractivity contribution < 1.29 is 0 Å². The van der Waals surface area contributed by atoms with E-state index in [0.717, 1.165) is 32.1 Å². The van der Waals surface area contributed by atoms with Crippen molar-refractivity contribution in [1.29, 1.82) is 0 Å². The maximum atomic E-state index is 4.43.